The topological polar surface area (TPSA) is 78.9 Å². The van der Waals surface area contributed by atoms with Crippen LogP contribution in [0.1, 0.15) is 5.56 Å². The highest BCUT2D eigenvalue weighted by Gasteiger charge is 2.13. The number of carbonyl (C=O) groups is 1. The van der Waals surface area contributed by atoms with Gasteiger partial charge in [0.05, 0.1) is 5.39 Å². The van der Waals surface area contributed by atoms with Crippen LogP contribution in [-0.2, 0) is 4.79 Å². The quantitative estimate of drug-likeness (QED) is 0.406. The largest absolute Gasteiger partial charge is 0.355 e. The second-order valence-corrected chi connectivity index (χ2v) is 6.14. The molecular formula is C23H15N3O2. The van der Waals surface area contributed by atoms with E-state index in [1.807, 2.05) is 60.7 Å². The molecule has 0 radical (unpaired) electrons. The number of hydrogen-bond donors (Lipinski definition) is 1. The molecule has 0 spiro atoms. The van der Waals surface area contributed by atoms with Crippen molar-refractivity contribution in [1.29, 1.82) is 5.26 Å². The van der Waals surface area contributed by atoms with Gasteiger partial charge in [-0.25, -0.2) is 0 Å². The van der Waals surface area contributed by atoms with Crippen LogP contribution in [-0.4, -0.2) is 11.1 Å². The number of anilines is 1. The second kappa shape index (κ2) is 7.60. The summed E-state index contributed by atoms with van der Waals surface area (Å²) in [7, 11) is 0. The third-order valence-corrected chi connectivity index (χ3v) is 4.24. The Morgan fingerprint density at radius 1 is 1.00 bits per heavy atom. The first-order valence-electron chi connectivity index (χ1n) is 8.67. The molecule has 0 saturated carbocycles. The lowest BCUT2D eigenvalue weighted by atomic mass is 10.0. The van der Waals surface area contributed by atoms with E-state index < -0.39 is 5.91 Å². The van der Waals surface area contributed by atoms with Gasteiger partial charge in [0.15, 0.2) is 5.76 Å². The Bertz CT molecular complexity index is 1200. The molecule has 0 saturated heterocycles. The van der Waals surface area contributed by atoms with E-state index in [1.165, 1.54) is 0 Å². The van der Waals surface area contributed by atoms with Gasteiger partial charge < -0.3 is 9.84 Å². The van der Waals surface area contributed by atoms with Crippen LogP contribution in [0.25, 0.3) is 28.3 Å². The molecule has 0 aliphatic heterocycles. The van der Waals surface area contributed by atoms with Crippen molar-refractivity contribution in [3.8, 4) is 17.4 Å². The lowest BCUT2D eigenvalue weighted by molar-refractivity contribution is -0.112. The first kappa shape index (κ1) is 17.3. The summed E-state index contributed by atoms with van der Waals surface area (Å²) in [6, 6.07) is 26.1. The number of aromatic nitrogens is 1. The number of fused-ring (bicyclic) bond motifs is 1. The van der Waals surface area contributed by atoms with E-state index in [0.29, 0.717) is 22.5 Å². The molecule has 0 fully saturated rings. The van der Waals surface area contributed by atoms with Crippen molar-refractivity contribution in [3.63, 3.8) is 0 Å². The number of carbonyl (C=O) groups excluding carboxylic acids is 1. The molecule has 1 aromatic heterocycles. The average molecular weight is 365 g/mol. The zero-order valence-electron chi connectivity index (χ0n) is 14.8. The number of benzene rings is 3. The monoisotopic (exact) mass is 365 g/mol. The van der Waals surface area contributed by atoms with E-state index in [2.05, 4.69) is 10.5 Å². The fraction of sp³-hybridized carbons (Fsp3) is 0. The molecule has 0 atom stereocenters. The second-order valence-electron chi connectivity index (χ2n) is 6.14. The van der Waals surface area contributed by atoms with Crippen molar-refractivity contribution in [2.75, 3.05) is 5.32 Å². The summed E-state index contributed by atoms with van der Waals surface area (Å²) in [4.78, 5) is 12.4. The Hall–Kier alpha value is -4.17. The van der Waals surface area contributed by atoms with Gasteiger partial charge in [0.1, 0.15) is 17.2 Å². The van der Waals surface area contributed by atoms with E-state index in [0.717, 1.165) is 10.9 Å². The molecule has 1 amide bonds. The maximum absolute atomic E-state index is 12.4. The Balaban J connectivity index is 1.68. The molecule has 28 heavy (non-hydrogen) atoms. The summed E-state index contributed by atoms with van der Waals surface area (Å²) in [5.41, 5.74) is 2.99. The van der Waals surface area contributed by atoms with E-state index in [1.54, 1.807) is 30.3 Å². The van der Waals surface area contributed by atoms with Crippen molar-refractivity contribution in [3.05, 3.63) is 90.0 Å². The molecular weight excluding hydrogens is 350 g/mol. The van der Waals surface area contributed by atoms with Crippen molar-refractivity contribution in [2.24, 2.45) is 0 Å². The Morgan fingerprint density at radius 2 is 1.71 bits per heavy atom. The number of nitrogens with one attached hydrogen (secondary N) is 1. The van der Waals surface area contributed by atoms with Crippen LogP contribution in [0.15, 0.2) is 89.0 Å². The molecule has 0 aliphatic rings. The minimum Gasteiger partial charge on any atom is -0.355 e. The first-order valence-corrected chi connectivity index (χ1v) is 8.67. The van der Waals surface area contributed by atoms with E-state index in [4.69, 9.17) is 4.52 Å². The van der Waals surface area contributed by atoms with Crippen LogP contribution in [0.2, 0.25) is 0 Å². The highest BCUT2D eigenvalue weighted by atomic mass is 16.5. The molecule has 3 aromatic carbocycles. The third kappa shape index (κ3) is 3.53. The number of nitriles is 1. The summed E-state index contributed by atoms with van der Waals surface area (Å²) < 4.78 is 5.50. The van der Waals surface area contributed by atoms with Gasteiger partial charge in [-0.2, -0.15) is 5.26 Å². The van der Waals surface area contributed by atoms with Crippen LogP contribution < -0.4 is 5.32 Å². The number of hydrogen-bond acceptors (Lipinski definition) is 4. The van der Waals surface area contributed by atoms with Gasteiger partial charge in [-0.15, -0.1) is 0 Å². The molecule has 4 rings (SSSR count). The molecule has 134 valence electrons. The molecule has 1 N–H and O–H groups in total. The van der Waals surface area contributed by atoms with Gasteiger partial charge in [0.25, 0.3) is 5.91 Å². The van der Waals surface area contributed by atoms with Crippen molar-refractivity contribution >= 4 is 28.6 Å². The van der Waals surface area contributed by atoms with Crippen LogP contribution in [0.5, 0.6) is 0 Å². The third-order valence-electron chi connectivity index (χ3n) is 4.24. The SMILES string of the molecule is N#C/C(=C\c1ccc2noc(-c3ccccc3)c2c1)C(=O)Nc1ccccc1. The fourth-order valence-corrected chi connectivity index (χ4v) is 2.88. The van der Waals surface area contributed by atoms with E-state index >= 15 is 0 Å². The molecule has 4 aromatic rings. The van der Waals surface area contributed by atoms with E-state index in [9.17, 15) is 10.1 Å². The molecule has 5 nitrogen and oxygen atoms in total. The molecule has 0 aliphatic carbocycles. The predicted molar refractivity (Wildman–Crippen MR) is 108 cm³/mol. The minimum atomic E-state index is -0.456. The number of nitrogens with zero attached hydrogens (tertiary/aromatic N) is 2. The lowest BCUT2D eigenvalue weighted by Gasteiger charge is -2.04. The lowest BCUT2D eigenvalue weighted by Crippen LogP contribution is -2.13. The summed E-state index contributed by atoms with van der Waals surface area (Å²) in [5.74, 6) is 0.195. The van der Waals surface area contributed by atoms with Crippen molar-refractivity contribution in [1.82, 2.24) is 5.16 Å². The van der Waals surface area contributed by atoms with Gasteiger partial charge in [0, 0.05) is 11.3 Å². The van der Waals surface area contributed by atoms with Gasteiger partial charge in [-0.3, -0.25) is 4.79 Å². The smallest absolute Gasteiger partial charge is 0.266 e. The summed E-state index contributed by atoms with van der Waals surface area (Å²) in [6.07, 6.45) is 1.56. The summed E-state index contributed by atoms with van der Waals surface area (Å²) in [6.45, 7) is 0. The Labute approximate surface area is 161 Å². The standard InChI is InChI=1S/C23H15N3O2/c24-15-18(23(27)25-19-9-5-2-6-10-19)13-16-11-12-21-20(14-16)22(28-26-21)17-7-3-1-4-8-17/h1-14H,(H,25,27)/b18-13+. The normalized spacial score (nSPS) is 11.2. The van der Waals surface area contributed by atoms with Gasteiger partial charge in [0.2, 0.25) is 0 Å². The van der Waals surface area contributed by atoms with Crippen LogP contribution in [0, 0.1) is 11.3 Å². The van der Waals surface area contributed by atoms with E-state index in [-0.39, 0.29) is 5.57 Å². The van der Waals surface area contributed by atoms with Crippen LogP contribution in [0.4, 0.5) is 5.69 Å². The summed E-state index contributed by atoms with van der Waals surface area (Å²) in [5, 5.41) is 17.1. The minimum absolute atomic E-state index is 0.0147. The van der Waals surface area contributed by atoms with Gasteiger partial charge in [-0.1, -0.05) is 59.8 Å². The summed E-state index contributed by atoms with van der Waals surface area (Å²) >= 11 is 0. The zero-order valence-corrected chi connectivity index (χ0v) is 14.8. The number of rotatable bonds is 4. The van der Waals surface area contributed by atoms with Crippen LogP contribution in [0.3, 0.4) is 0 Å². The average Bonchev–Trinajstić information content (AvgIpc) is 3.16. The number of para-hydroxylation sites is 1. The van der Waals surface area contributed by atoms with Gasteiger partial charge in [-0.05, 0) is 35.9 Å². The zero-order chi connectivity index (χ0) is 19.3. The number of amides is 1. The Morgan fingerprint density at radius 3 is 2.43 bits per heavy atom. The highest BCUT2D eigenvalue weighted by molar-refractivity contribution is 6.10. The van der Waals surface area contributed by atoms with Crippen molar-refractivity contribution < 1.29 is 9.32 Å². The van der Waals surface area contributed by atoms with Crippen molar-refractivity contribution in [2.45, 2.75) is 0 Å². The Kier molecular flexibility index (Phi) is 4.68. The van der Waals surface area contributed by atoms with Gasteiger partial charge >= 0.3 is 0 Å². The maximum Gasteiger partial charge on any atom is 0.266 e. The molecule has 5 heteroatoms. The predicted octanol–water partition coefficient (Wildman–Crippen LogP) is 5.04. The molecule has 0 bridgehead atoms. The first-order chi connectivity index (χ1) is 13.7. The fourth-order valence-electron chi connectivity index (χ4n) is 2.88. The molecule has 1 heterocycles. The highest BCUT2D eigenvalue weighted by Crippen LogP contribution is 2.29. The maximum atomic E-state index is 12.4. The van der Waals surface area contributed by atoms with Crippen LogP contribution >= 0.6 is 0 Å². The molecule has 0 unspecified atom stereocenters.